The standard InChI is InChI=1S/C16H15FO2/c1-18-15-8-7-12-13(16(15)19-2)6-4-10-3-5-11(17)9-14(10)12/h3-9,15-16H,1-2H3. The van der Waals surface area contributed by atoms with E-state index in [4.69, 9.17) is 9.47 Å². The number of ether oxygens (including phenoxy) is 2. The molecule has 1 aliphatic carbocycles. The number of benzene rings is 2. The first-order valence-electron chi connectivity index (χ1n) is 6.20. The Morgan fingerprint density at radius 2 is 1.84 bits per heavy atom. The largest absolute Gasteiger partial charge is 0.374 e. The van der Waals surface area contributed by atoms with Gasteiger partial charge in [0.25, 0.3) is 0 Å². The predicted molar refractivity (Wildman–Crippen MR) is 73.5 cm³/mol. The molecule has 0 spiro atoms. The van der Waals surface area contributed by atoms with Crippen molar-refractivity contribution in [3.8, 4) is 0 Å². The highest BCUT2D eigenvalue weighted by Crippen LogP contribution is 2.36. The molecule has 0 saturated heterocycles. The van der Waals surface area contributed by atoms with E-state index in [9.17, 15) is 4.39 Å². The molecular weight excluding hydrogens is 243 g/mol. The van der Waals surface area contributed by atoms with Crippen LogP contribution in [0.15, 0.2) is 36.4 Å². The van der Waals surface area contributed by atoms with Crippen LogP contribution in [0.1, 0.15) is 17.2 Å². The SMILES string of the molecule is COC1C=Cc2c(ccc3ccc(F)cc23)C1OC. The third-order valence-corrected chi connectivity index (χ3v) is 3.64. The minimum Gasteiger partial charge on any atom is -0.374 e. The first kappa shape index (κ1) is 12.3. The van der Waals surface area contributed by atoms with Crippen molar-refractivity contribution >= 4 is 16.8 Å². The Hall–Kier alpha value is -1.71. The van der Waals surface area contributed by atoms with Crippen LogP contribution in [0.5, 0.6) is 0 Å². The van der Waals surface area contributed by atoms with Gasteiger partial charge in [-0.1, -0.05) is 30.4 Å². The highest BCUT2D eigenvalue weighted by Gasteiger charge is 2.27. The van der Waals surface area contributed by atoms with Gasteiger partial charge >= 0.3 is 0 Å². The van der Waals surface area contributed by atoms with E-state index >= 15 is 0 Å². The second kappa shape index (κ2) is 4.76. The summed E-state index contributed by atoms with van der Waals surface area (Å²) in [5.74, 6) is -0.225. The van der Waals surface area contributed by atoms with Gasteiger partial charge in [0.2, 0.25) is 0 Å². The van der Waals surface area contributed by atoms with Gasteiger partial charge in [0.15, 0.2) is 0 Å². The van der Waals surface area contributed by atoms with E-state index < -0.39 is 0 Å². The Labute approximate surface area is 111 Å². The summed E-state index contributed by atoms with van der Waals surface area (Å²) in [7, 11) is 3.32. The molecule has 19 heavy (non-hydrogen) atoms. The fourth-order valence-corrected chi connectivity index (χ4v) is 2.70. The average Bonchev–Trinajstić information content (AvgIpc) is 2.45. The van der Waals surface area contributed by atoms with Crippen molar-refractivity contribution in [3.63, 3.8) is 0 Å². The smallest absolute Gasteiger partial charge is 0.123 e. The zero-order valence-corrected chi connectivity index (χ0v) is 10.9. The van der Waals surface area contributed by atoms with Gasteiger partial charge in [-0.2, -0.15) is 0 Å². The Bertz CT molecular complexity index is 648. The summed E-state index contributed by atoms with van der Waals surface area (Å²) >= 11 is 0. The third-order valence-electron chi connectivity index (χ3n) is 3.64. The fraction of sp³-hybridized carbons (Fsp3) is 0.250. The van der Waals surface area contributed by atoms with Crippen molar-refractivity contribution in [2.24, 2.45) is 0 Å². The topological polar surface area (TPSA) is 18.5 Å². The van der Waals surface area contributed by atoms with Gasteiger partial charge in [-0.25, -0.2) is 4.39 Å². The molecule has 3 rings (SSSR count). The van der Waals surface area contributed by atoms with Gasteiger partial charge in [-0.3, -0.25) is 0 Å². The molecule has 0 aromatic heterocycles. The van der Waals surface area contributed by atoms with Crippen molar-refractivity contribution in [2.45, 2.75) is 12.2 Å². The van der Waals surface area contributed by atoms with Crippen molar-refractivity contribution in [1.82, 2.24) is 0 Å². The monoisotopic (exact) mass is 258 g/mol. The number of halogens is 1. The molecule has 2 aromatic rings. The maximum Gasteiger partial charge on any atom is 0.123 e. The highest BCUT2D eigenvalue weighted by atomic mass is 19.1. The van der Waals surface area contributed by atoms with Crippen molar-refractivity contribution in [3.05, 3.63) is 53.4 Å². The summed E-state index contributed by atoms with van der Waals surface area (Å²) in [4.78, 5) is 0. The lowest BCUT2D eigenvalue weighted by Crippen LogP contribution is -2.23. The minimum absolute atomic E-state index is 0.108. The van der Waals surface area contributed by atoms with Crippen LogP contribution < -0.4 is 0 Å². The Kier molecular flexibility index (Phi) is 3.09. The Morgan fingerprint density at radius 3 is 2.58 bits per heavy atom. The van der Waals surface area contributed by atoms with Crippen LogP contribution in [-0.4, -0.2) is 20.3 Å². The van der Waals surface area contributed by atoms with E-state index in [1.54, 1.807) is 26.4 Å². The molecular formula is C16H15FO2. The quantitative estimate of drug-likeness (QED) is 0.817. The number of hydrogen-bond donors (Lipinski definition) is 0. The maximum atomic E-state index is 13.4. The minimum atomic E-state index is -0.225. The van der Waals surface area contributed by atoms with Crippen LogP contribution >= 0.6 is 0 Å². The first-order valence-corrected chi connectivity index (χ1v) is 6.20. The second-order valence-electron chi connectivity index (χ2n) is 4.65. The van der Waals surface area contributed by atoms with Gasteiger partial charge in [0.1, 0.15) is 18.0 Å². The van der Waals surface area contributed by atoms with Crippen LogP contribution in [0, 0.1) is 5.82 Å². The lowest BCUT2D eigenvalue weighted by atomic mass is 9.89. The summed E-state index contributed by atoms with van der Waals surface area (Å²) in [6, 6.07) is 8.86. The zero-order chi connectivity index (χ0) is 13.4. The van der Waals surface area contributed by atoms with Crippen LogP contribution in [0.2, 0.25) is 0 Å². The molecule has 0 amide bonds. The molecule has 0 heterocycles. The Balaban J connectivity index is 2.25. The molecule has 0 fully saturated rings. The van der Waals surface area contributed by atoms with E-state index in [-0.39, 0.29) is 18.0 Å². The van der Waals surface area contributed by atoms with Crippen molar-refractivity contribution < 1.29 is 13.9 Å². The molecule has 3 heteroatoms. The number of hydrogen-bond acceptors (Lipinski definition) is 2. The maximum absolute atomic E-state index is 13.4. The van der Waals surface area contributed by atoms with Gasteiger partial charge in [-0.05, 0) is 34.0 Å². The van der Waals surface area contributed by atoms with Gasteiger partial charge in [0.05, 0.1) is 0 Å². The van der Waals surface area contributed by atoms with Gasteiger partial charge < -0.3 is 9.47 Å². The summed E-state index contributed by atoms with van der Waals surface area (Å²) in [6.07, 6.45) is 3.68. The molecule has 0 N–H and O–H groups in total. The van der Waals surface area contributed by atoms with Crippen LogP contribution in [0.25, 0.3) is 16.8 Å². The molecule has 98 valence electrons. The average molecular weight is 258 g/mol. The normalized spacial score (nSPS) is 21.6. The third kappa shape index (κ3) is 1.95. The molecule has 2 atom stereocenters. The van der Waals surface area contributed by atoms with Crippen LogP contribution in [0.4, 0.5) is 4.39 Å². The molecule has 1 aliphatic rings. The molecule has 2 unspecified atom stereocenters. The highest BCUT2D eigenvalue weighted by molar-refractivity contribution is 5.92. The van der Waals surface area contributed by atoms with E-state index in [1.165, 1.54) is 6.07 Å². The fourth-order valence-electron chi connectivity index (χ4n) is 2.70. The van der Waals surface area contributed by atoms with E-state index in [2.05, 4.69) is 0 Å². The van der Waals surface area contributed by atoms with Crippen LogP contribution in [-0.2, 0) is 9.47 Å². The first-order chi connectivity index (χ1) is 9.24. The molecule has 2 nitrogen and oxygen atoms in total. The second-order valence-corrected chi connectivity index (χ2v) is 4.65. The number of fused-ring (bicyclic) bond motifs is 3. The zero-order valence-electron chi connectivity index (χ0n) is 10.9. The summed E-state index contributed by atoms with van der Waals surface area (Å²) in [5, 5.41) is 1.93. The summed E-state index contributed by atoms with van der Waals surface area (Å²) < 4.78 is 24.4. The molecule has 0 saturated carbocycles. The van der Waals surface area contributed by atoms with Crippen molar-refractivity contribution in [2.75, 3.05) is 14.2 Å². The van der Waals surface area contributed by atoms with E-state index in [0.717, 1.165) is 21.9 Å². The molecule has 0 radical (unpaired) electrons. The summed E-state index contributed by atoms with van der Waals surface area (Å²) in [6.45, 7) is 0. The number of rotatable bonds is 2. The molecule has 2 aromatic carbocycles. The molecule has 0 aliphatic heterocycles. The number of methoxy groups -OCH3 is 2. The van der Waals surface area contributed by atoms with Gasteiger partial charge in [0, 0.05) is 14.2 Å². The van der Waals surface area contributed by atoms with Gasteiger partial charge in [-0.15, -0.1) is 0 Å². The summed E-state index contributed by atoms with van der Waals surface area (Å²) in [5.41, 5.74) is 2.05. The predicted octanol–water partition coefficient (Wildman–Crippen LogP) is 3.71. The lowest BCUT2D eigenvalue weighted by molar-refractivity contribution is -0.0137. The lowest BCUT2D eigenvalue weighted by Gasteiger charge is -2.28. The van der Waals surface area contributed by atoms with E-state index in [1.807, 2.05) is 24.3 Å². The van der Waals surface area contributed by atoms with E-state index in [0.29, 0.717) is 0 Å². The Morgan fingerprint density at radius 1 is 1.05 bits per heavy atom. The van der Waals surface area contributed by atoms with Crippen molar-refractivity contribution in [1.29, 1.82) is 0 Å². The molecule has 0 bridgehead atoms. The van der Waals surface area contributed by atoms with Crippen LogP contribution in [0.3, 0.4) is 0 Å².